The molecule has 0 unspecified atom stereocenters. The first kappa shape index (κ1) is 38.1. The minimum absolute atomic E-state index is 0.541. The average molecular weight is 867 g/mol. The lowest BCUT2D eigenvalue weighted by atomic mass is 10.0. The summed E-state index contributed by atoms with van der Waals surface area (Å²) < 4.78 is 9.60. The van der Waals surface area contributed by atoms with Gasteiger partial charge in [0, 0.05) is 44.1 Å². The Labute approximate surface area is 390 Å². The number of furan rings is 1. The SMILES string of the molecule is c1ccc(-c2ccc(-c3nc(-c4ccc(-c5ccccc5)cc4)nc(-c4cccc5c4oc4cc(-n6c7cc8ccccc8cc7c7c8ccccc8ccc76)c6ccccc6c45)n3)cc2)cc1. The fourth-order valence-electron chi connectivity index (χ4n) is 10.4. The average Bonchev–Trinajstić information content (AvgIpc) is 3.96. The van der Waals surface area contributed by atoms with Gasteiger partial charge in [0.05, 0.1) is 22.3 Å². The third-order valence-corrected chi connectivity index (χ3v) is 13.6. The topological polar surface area (TPSA) is 56.7 Å². The molecule has 68 heavy (non-hydrogen) atoms. The van der Waals surface area contributed by atoms with Crippen LogP contribution in [-0.4, -0.2) is 19.5 Å². The van der Waals surface area contributed by atoms with E-state index in [-0.39, 0.29) is 0 Å². The van der Waals surface area contributed by atoms with Gasteiger partial charge in [-0.15, -0.1) is 0 Å². The van der Waals surface area contributed by atoms with E-state index in [4.69, 9.17) is 19.4 Å². The molecular formula is C63H38N4O. The highest BCUT2D eigenvalue weighted by molar-refractivity contribution is 6.26. The van der Waals surface area contributed by atoms with E-state index in [1.165, 1.54) is 32.3 Å². The fraction of sp³-hybridized carbons (Fsp3) is 0. The predicted octanol–water partition coefficient (Wildman–Crippen LogP) is 16.7. The number of hydrogen-bond acceptors (Lipinski definition) is 4. The summed E-state index contributed by atoms with van der Waals surface area (Å²) in [6.45, 7) is 0. The number of aromatic nitrogens is 4. The van der Waals surface area contributed by atoms with Crippen LogP contribution in [0.25, 0.3) is 138 Å². The molecule has 0 aliphatic carbocycles. The van der Waals surface area contributed by atoms with Crippen LogP contribution in [0.1, 0.15) is 0 Å². The Morgan fingerprint density at radius 3 is 1.49 bits per heavy atom. The monoisotopic (exact) mass is 866 g/mol. The fourth-order valence-corrected chi connectivity index (χ4v) is 10.4. The maximum absolute atomic E-state index is 7.16. The zero-order valence-corrected chi connectivity index (χ0v) is 36.6. The van der Waals surface area contributed by atoms with Crippen LogP contribution in [0.5, 0.6) is 0 Å². The molecule has 0 N–H and O–H groups in total. The molecule has 0 atom stereocenters. The lowest BCUT2D eigenvalue weighted by Gasteiger charge is -2.13. The third kappa shape index (κ3) is 6.06. The summed E-state index contributed by atoms with van der Waals surface area (Å²) in [5, 5.41) is 11.6. The van der Waals surface area contributed by atoms with Crippen LogP contribution in [-0.2, 0) is 0 Å². The van der Waals surface area contributed by atoms with Crippen LogP contribution in [0.3, 0.4) is 0 Å². The van der Waals surface area contributed by atoms with Gasteiger partial charge in [0.25, 0.3) is 0 Å². The molecule has 0 amide bonds. The van der Waals surface area contributed by atoms with Crippen LogP contribution in [0.2, 0.25) is 0 Å². The third-order valence-electron chi connectivity index (χ3n) is 13.6. The molecular weight excluding hydrogens is 829 g/mol. The van der Waals surface area contributed by atoms with Crippen LogP contribution in [0, 0.1) is 0 Å². The molecule has 0 spiro atoms. The van der Waals surface area contributed by atoms with E-state index in [2.05, 4.69) is 223 Å². The first-order valence-corrected chi connectivity index (χ1v) is 23.0. The number of hydrogen-bond donors (Lipinski definition) is 0. The minimum atomic E-state index is 0.541. The zero-order chi connectivity index (χ0) is 44.7. The van der Waals surface area contributed by atoms with Crippen molar-refractivity contribution in [2.45, 2.75) is 0 Å². The van der Waals surface area contributed by atoms with Crippen molar-refractivity contribution in [3.05, 3.63) is 231 Å². The van der Waals surface area contributed by atoms with Crippen LogP contribution >= 0.6 is 0 Å². The Hall–Kier alpha value is -9.19. The molecule has 14 aromatic rings. The molecule has 5 nitrogen and oxygen atoms in total. The molecule has 0 saturated carbocycles. The van der Waals surface area contributed by atoms with E-state index in [1.54, 1.807) is 0 Å². The van der Waals surface area contributed by atoms with Crippen molar-refractivity contribution in [1.82, 2.24) is 19.5 Å². The van der Waals surface area contributed by atoms with Gasteiger partial charge in [0.2, 0.25) is 0 Å². The van der Waals surface area contributed by atoms with Crippen LogP contribution < -0.4 is 0 Å². The van der Waals surface area contributed by atoms with Crippen LogP contribution in [0.4, 0.5) is 0 Å². The largest absolute Gasteiger partial charge is 0.455 e. The van der Waals surface area contributed by atoms with Crippen molar-refractivity contribution >= 4 is 76.1 Å². The molecule has 316 valence electrons. The number of fused-ring (bicyclic) bond motifs is 11. The molecule has 0 fully saturated rings. The Kier molecular flexibility index (Phi) is 8.52. The summed E-state index contributed by atoms with van der Waals surface area (Å²) in [4.78, 5) is 15.6. The lowest BCUT2D eigenvalue weighted by Crippen LogP contribution is -2.00. The molecule has 11 aromatic carbocycles. The molecule has 0 radical (unpaired) electrons. The highest BCUT2D eigenvalue weighted by atomic mass is 16.3. The zero-order valence-electron chi connectivity index (χ0n) is 36.6. The van der Waals surface area contributed by atoms with Gasteiger partial charge in [-0.2, -0.15) is 0 Å². The standard InChI is InChI=1S/C63H38N4O/c1-3-14-39(15-4-1)41-26-30-44(31-27-41)61-64-62(45-32-28-42(29-33-45)40-16-5-2-6-17-40)66-63(65-61)52-25-13-24-51-59-50-23-12-11-22-49(50)56(38-57(59)68-60(51)52)67-54-35-34-43-18-9-10-21-48(43)58(54)53-36-46-19-7-8-20-47(46)37-55(53)67/h1-38H. The molecule has 14 rings (SSSR count). The number of para-hydroxylation sites is 1. The Morgan fingerprint density at radius 1 is 0.309 bits per heavy atom. The van der Waals surface area contributed by atoms with Gasteiger partial charge in [-0.25, -0.2) is 15.0 Å². The molecule has 0 bridgehead atoms. The number of benzene rings is 11. The van der Waals surface area contributed by atoms with Gasteiger partial charge in [-0.1, -0.05) is 200 Å². The molecule has 0 aliphatic heterocycles. The summed E-state index contributed by atoms with van der Waals surface area (Å²) >= 11 is 0. The van der Waals surface area contributed by atoms with Crippen molar-refractivity contribution in [3.63, 3.8) is 0 Å². The minimum Gasteiger partial charge on any atom is -0.455 e. The van der Waals surface area contributed by atoms with Gasteiger partial charge >= 0.3 is 0 Å². The first-order chi connectivity index (χ1) is 33.7. The maximum atomic E-state index is 7.16. The second-order valence-corrected chi connectivity index (χ2v) is 17.5. The van der Waals surface area contributed by atoms with E-state index in [0.29, 0.717) is 17.5 Å². The predicted molar refractivity (Wildman–Crippen MR) is 281 cm³/mol. The Bertz CT molecular complexity index is 4190. The summed E-state index contributed by atoms with van der Waals surface area (Å²) in [6, 6.07) is 81.6. The van der Waals surface area contributed by atoms with Gasteiger partial charge in [0.15, 0.2) is 17.5 Å². The first-order valence-electron chi connectivity index (χ1n) is 23.0. The van der Waals surface area contributed by atoms with Gasteiger partial charge in [-0.3, -0.25) is 0 Å². The quantitative estimate of drug-likeness (QED) is 0.167. The lowest BCUT2D eigenvalue weighted by molar-refractivity contribution is 0.669. The highest BCUT2D eigenvalue weighted by Gasteiger charge is 2.23. The Morgan fingerprint density at radius 2 is 0.824 bits per heavy atom. The molecule has 5 heteroatoms. The molecule has 3 heterocycles. The highest BCUT2D eigenvalue weighted by Crippen LogP contribution is 2.45. The maximum Gasteiger partial charge on any atom is 0.167 e. The molecule has 0 saturated heterocycles. The summed E-state index contributed by atoms with van der Waals surface area (Å²) in [5.41, 5.74) is 12.0. The van der Waals surface area contributed by atoms with Crippen molar-refractivity contribution < 1.29 is 4.42 Å². The van der Waals surface area contributed by atoms with Crippen molar-refractivity contribution in [3.8, 4) is 62.1 Å². The van der Waals surface area contributed by atoms with E-state index >= 15 is 0 Å². The van der Waals surface area contributed by atoms with Crippen molar-refractivity contribution in [2.75, 3.05) is 0 Å². The molecule has 0 aliphatic rings. The Balaban J connectivity index is 0.988. The second-order valence-electron chi connectivity index (χ2n) is 17.5. The van der Waals surface area contributed by atoms with Crippen molar-refractivity contribution in [2.24, 2.45) is 0 Å². The second kappa shape index (κ2) is 15.2. The van der Waals surface area contributed by atoms with Gasteiger partial charge < -0.3 is 8.98 Å². The van der Waals surface area contributed by atoms with E-state index in [9.17, 15) is 0 Å². The summed E-state index contributed by atoms with van der Waals surface area (Å²) in [5.74, 6) is 1.72. The smallest absolute Gasteiger partial charge is 0.167 e. The van der Waals surface area contributed by atoms with Crippen LogP contribution in [0.15, 0.2) is 235 Å². The normalized spacial score (nSPS) is 11.8. The summed E-state index contributed by atoms with van der Waals surface area (Å²) in [6.07, 6.45) is 0. The number of nitrogens with zero attached hydrogens (tertiary/aromatic N) is 4. The molecule has 3 aromatic heterocycles. The van der Waals surface area contributed by atoms with Gasteiger partial charge in [0.1, 0.15) is 11.2 Å². The van der Waals surface area contributed by atoms with Gasteiger partial charge in [-0.05, 0) is 73.5 Å². The van der Waals surface area contributed by atoms with Crippen molar-refractivity contribution in [1.29, 1.82) is 0 Å². The van der Waals surface area contributed by atoms with E-state index in [1.807, 2.05) is 12.1 Å². The van der Waals surface area contributed by atoms with E-state index < -0.39 is 0 Å². The summed E-state index contributed by atoms with van der Waals surface area (Å²) in [7, 11) is 0. The number of rotatable bonds is 6. The van der Waals surface area contributed by atoms with E-state index in [0.717, 1.165) is 88.4 Å².